The summed E-state index contributed by atoms with van der Waals surface area (Å²) in [6, 6.07) is 0.447. The van der Waals surface area contributed by atoms with Crippen molar-refractivity contribution in [3.05, 3.63) is 0 Å². The molecule has 2 saturated carbocycles. The van der Waals surface area contributed by atoms with Crippen LogP contribution in [0.4, 0.5) is 0 Å². The maximum Gasteiger partial charge on any atom is 0.223 e. The van der Waals surface area contributed by atoms with Gasteiger partial charge in [0.15, 0.2) is 0 Å². The van der Waals surface area contributed by atoms with Crippen LogP contribution in [0.15, 0.2) is 0 Å². The number of hydrogen-bond donors (Lipinski definition) is 1. The molecule has 96 valence electrons. The highest BCUT2D eigenvalue weighted by atomic mass is 16.1. The van der Waals surface area contributed by atoms with Crippen molar-refractivity contribution in [3.8, 4) is 0 Å². The van der Waals surface area contributed by atoms with E-state index in [0.29, 0.717) is 17.9 Å². The third kappa shape index (κ3) is 2.49. The molecule has 1 heterocycles. The molecule has 3 nitrogen and oxygen atoms in total. The second-order valence-corrected chi connectivity index (χ2v) is 6.14. The largest absolute Gasteiger partial charge is 0.353 e. The number of amides is 1. The molecule has 2 atom stereocenters. The number of fused-ring (bicyclic) bond motifs is 1. The molecule has 3 aliphatic rings. The number of nitrogens with zero attached hydrogens (tertiary/aromatic N) is 1. The van der Waals surface area contributed by atoms with Crippen LogP contribution in [0.25, 0.3) is 0 Å². The van der Waals surface area contributed by atoms with Crippen LogP contribution in [0.2, 0.25) is 0 Å². The van der Waals surface area contributed by atoms with Gasteiger partial charge in [0.2, 0.25) is 5.91 Å². The molecule has 0 aromatic carbocycles. The average Bonchev–Trinajstić information content (AvgIpc) is 2.97. The van der Waals surface area contributed by atoms with Crippen molar-refractivity contribution < 1.29 is 4.79 Å². The van der Waals surface area contributed by atoms with Gasteiger partial charge in [-0.25, -0.2) is 0 Å². The Morgan fingerprint density at radius 2 is 1.82 bits per heavy atom. The number of piperidine rings is 1. The number of carbonyl (C=O) groups excluding carboxylic acids is 1. The second kappa shape index (κ2) is 4.60. The van der Waals surface area contributed by atoms with Gasteiger partial charge < -0.3 is 10.2 Å². The van der Waals surface area contributed by atoms with Crippen molar-refractivity contribution in [1.82, 2.24) is 10.2 Å². The van der Waals surface area contributed by atoms with Crippen LogP contribution in [0.3, 0.4) is 0 Å². The van der Waals surface area contributed by atoms with Gasteiger partial charge in [-0.3, -0.25) is 4.79 Å². The Hall–Kier alpha value is -0.570. The van der Waals surface area contributed by atoms with Crippen molar-refractivity contribution >= 4 is 5.91 Å². The molecule has 3 heteroatoms. The van der Waals surface area contributed by atoms with Crippen LogP contribution in [-0.4, -0.2) is 36.5 Å². The SMILES string of the molecule is CCN1CCC(NC(=O)C2CC3CC3C2)CC1. The number of rotatable bonds is 3. The maximum atomic E-state index is 12.1. The van der Waals surface area contributed by atoms with E-state index in [-0.39, 0.29) is 0 Å². The summed E-state index contributed by atoms with van der Waals surface area (Å²) in [6.45, 7) is 5.66. The fourth-order valence-electron chi connectivity index (χ4n) is 3.64. The van der Waals surface area contributed by atoms with E-state index in [4.69, 9.17) is 0 Å². The molecule has 1 aliphatic heterocycles. The minimum Gasteiger partial charge on any atom is -0.353 e. The van der Waals surface area contributed by atoms with Crippen molar-refractivity contribution in [2.75, 3.05) is 19.6 Å². The lowest BCUT2D eigenvalue weighted by molar-refractivity contribution is -0.126. The Morgan fingerprint density at radius 1 is 1.18 bits per heavy atom. The first-order chi connectivity index (χ1) is 8.26. The zero-order valence-electron chi connectivity index (χ0n) is 10.8. The first kappa shape index (κ1) is 11.5. The monoisotopic (exact) mass is 236 g/mol. The summed E-state index contributed by atoms with van der Waals surface area (Å²) in [7, 11) is 0. The average molecular weight is 236 g/mol. The Bertz CT molecular complexity index is 287. The summed E-state index contributed by atoms with van der Waals surface area (Å²) >= 11 is 0. The van der Waals surface area contributed by atoms with E-state index >= 15 is 0 Å². The van der Waals surface area contributed by atoms with Crippen molar-refractivity contribution in [2.45, 2.75) is 45.1 Å². The molecule has 2 unspecified atom stereocenters. The molecule has 0 bridgehead atoms. The molecule has 1 amide bonds. The summed E-state index contributed by atoms with van der Waals surface area (Å²) in [6.07, 6.45) is 6.02. The van der Waals surface area contributed by atoms with Crippen molar-refractivity contribution in [2.24, 2.45) is 17.8 Å². The Balaban J connectivity index is 1.42. The van der Waals surface area contributed by atoms with Crippen molar-refractivity contribution in [3.63, 3.8) is 0 Å². The van der Waals surface area contributed by atoms with E-state index in [9.17, 15) is 4.79 Å². The first-order valence-electron chi connectivity index (χ1n) is 7.29. The Kier molecular flexibility index (Phi) is 3.12. The predicted octanol–water partition coefficient (Wildman–Crippen LogP) is 1.63. The molecule has 1 saturated heterocycles. The van der Waals surface area contributed by atoms with E-state index in [2.05, 4.69) is 17.1 Å². The van der Waals surface area contributed by atoms with Crippen LogP contribution in [0.1, 0.15) is 39.0 Å². The Morgan fingerprint density at radius 3 is 2.41 bits per heavy atom. The van der Waals surface area contributed by atoms with Gasteiger partial charge in [0.25, 0.3) is 0 Å². The van der Waals surface area contributed by atoms with Crippen LogP contribution in [-0.2, 0) is 4.79 Å². The smallest absolute Gasteiger partial charge is 0.223 e. The number of likely N-dealkylation sites (tertiary alicyclic amines) is 1. The van der Waals surface area contributed by atoms with Gasteiger partial charge in [-0.15, -0.1) is 0 Å². The van der Waals surface area contributed by atoms with Gasteiger partial charge in [-0.2, -0.15) is 0 Å². The van der Waals surface area contributed by atoms with E-state index in [0.717, 1.165) is 44.3 Å². The second-order valence-electron chi connectivity index (χ2n) is 6.14. The van der Waals surface area contributed by atoms with Gasteiger partial charge in [0, 0.05) is 25.0 Å². The minimum atomic E-state index is 0.350. The number of hydrogen-bond acceptors (Lipinski definition) is 2. The fraction of sp³-hybridized carbons (Fsp3) is 0.929. The summed E-state index contributed by atoms with van der Waals surface area (Å²) in [4.78, 5) is 14.6. The molecule has 3 fully saturated rings. The van der Waals surface area contributed by atoms with Crippen LogP contribution in [0.5, 0.6) is 0 Å². The van der Waals surface area contributed by atoms with Crippen LogP contribution >= 0.6 is 0 Å². The van der Waals surface area contributed by atoms with E-state index in [1.807, 2.05) is 0 Å². The molecule has 0 radical (unpaired) electrons. The van der Waals surface area contributed by atoms with Crippen LogP contribution in [0, 0.1) is 17.8 Å². The topological polar surface area (TPSA) is 32.3 Å². The van der Waals surface area contributed by atoms with Crippen molar-refractivity contribution in [1.29, 1.82) is 0 Å². The molecule has 3 rings (SSSR count). The summed E-state index contributed by atoms with van der Waals surface area (Å²) in [5.41, 5.74) is 0. The number of nitrogens with one attached hydrogen (secondary N) is 1. The molecule has 0 aromatic heterocycles. The fourth-order valence-corrected chi connectivity index (χ4v) is 3.64. The highest BCUT2D eigenvalue weighted by Gasteiger charge is 2.48. The predicted molar refractivity (Wildman–Crippen MR) is 67.6 cm³/mol. The Labute approximate surface area is 104 Å². The molecule has 0 aromatic rings. The maximum absolute atomic E-state index is 12.1. The molecule has 2 aliphatic carbocycles. The molecule has 1 N–H and O–H groups in total. The minimum absolute atomic E-state index is 0.350. The third-order valence-electron chi connectivity index (χ3n) is 5.00. The lowest BCUT2D eigenvalue weighted by Crippen LogP contribution is -2.46. The van der Waals surface area contributed by atoms with Gasteiger partial charge in [-0.05, 0) is 50.5 Å². The summed E-state index contributed by atoms with van der Waals surface area (Å²) in [5, 5.41) is 3.28. The highest BCUT2D eigenvalue weighted by molar-refractivity contribution is 5.79. The highest BCUT2D eigenvalue weighted by Crippen LogP contribution is 2.54. The first-order valence-corrected chi connectivity index (χ1v) is 7.29. The van der Waals surface area contributed by atoms with E-state index in [1.165, 1.54) is 19.3 Å². The summed E-state index contributed by atoms with van der Waals surface area (Å²) in [5.74, 6) is 2.52. The third-order valence-corrected chi connectivity index (χ3v) is 5.00. The molecule has 0 spiro atoms. The van der Waals surface area contributed by atoms with Gasteiger partial charge in [0.05, 0.1) is 0 Å². The van der Waals surface area contributed by atoms with E-state index < -0.39 is 0 Å². The lowest BCUT2D eigenvalue weighted by Gasteiger charge is -2.32. The van der Waals surface area contributed by atoms with Gasteiger partial charge in [0.1, 0.15) is 0 Å². The van der Waals surface area contributed by atoms with Gasteiger partial charge in [-0.1, -0.05) is 6.92 Å². The quantitative estimate of drug-likeness (QED) is 0.808. The van der Waals surface area contributed by atoms with Crippen LogP contribution < -0.4 is 5.32 Å². The molecule has 17 heavy (non-hydrogen) atoms. The molecular weight excluding hydrogens is 212 g/mol. The normalized spacial score (nSPS) is 37.8. The van der Waals surface area contributed by atoms with E-state index in [1.54, 1.807) is 0 Å². The van der Waals surface area contributed by atoms with Gasteiger partial charge >= 0.3 is 0 Å². The number of carbonyl (C=O) groups is 1. The lowest BCUT2D eigenvalue weighted by atomic mass is 10.00. The molecular formula is C14H24N2O. The zero-order valence-corrected chi connectivity index (χ0v) is 10.8. The zero-order chi connectivity index (χ0) is 11.8. The standard InChI is InChI=1S/C14H24N2O/c1-2-16-5-3-13(4-6-16)15-14(17)12-8-10-7-11(10)9-12/h10-13H,2-9H2,1H3,(H,15,17). The summed E-state index contributed by atoms with van der Waals surface area (Å²) < 4.78 is 0.